The van der Waals surface area contributed by atoms with E-state index < -0.39 is 6.10 Å². The molecule has 1 N–H and O–H groups in total. The van der Waals surface area contributed by atoms with Gasteiger partial charge in [0.1, 0.15) is 10.4 Å². The van der Waals surface area contributed by atoms with Gasteiger partial charge in [-0.15, -0.1) is 0 Å². The van der Waals surface area contributed by atoms with E-state index in [1.165, 1.54) is 23.1 Å². The first-order valence-corrected chi connectivity index (χ1v) is 8.20. The highest BCUT2D eigenvalue weighted by atomic mass is 35.5. The molecule has 0 unspecified atom stereocenters. The van der Waals surface area contributed by atoms with Crippen molar-refractivity contribution in [3.05, 3.63) is 46.4 Å². The Morgan fingerprint density at radius 3 is 3.00 bits per heavy atom. The number of rotatable bonds is 4. The summed E-state index contributed by atoms with van der Waals surface area (Å²) in [7, 11) is 0. The number of benzene rings is 1. The number of ether oxygens (including phenoxy) is 1. The number of hydrogen-bond donors (Lipinski definition) is 1. The van der Waals surface area contributed by atoms with Crippen LogP contribution in [-0.4, -0.2) is 41.6 Å². The van der Waals surface area contributed by atoms with E-state index in [1.807, 2.05) is 18.2 Å². The second-order valence-electron chi connectivity index (χ2n) is 5.04. The summed E-state index contributed by atoms with van der Waals surface area (Å²) in [5.74, 6) is -0.177. The van der Waals surface area contributed by atoms with E-state index in [4.69, 9.17) is 16.3 Å². The van der Waals surface area contributed by atoms with Crippen LogP contribution >= 0.6 is 22.9 Å². The van der Waals surface area contributed by atoms with Gasteiger partial charge in [0.25, 0.3) is 5.91 Å². The molecule has 3 rings (SSSR count). The van der Waals surface area contributed by atoms with Crippen molar-refractivity contribution in [2.24, 2.45) is 0 Å². The molecule has 1 fully saturated rings. The number of carbonyl (C=O) groups excluding carboxylic acids is 1. The monoisotopic (exact) mass is 337 g/mol. The fraction of sp³-hybridized carbons (Fsp3) is 0.333. The van der Waals surface area contributed by atoms with Gasteiger partial charge < -0.3 is 4.74 Å². The largest absolute Gasteiger partial charge is 0.366 e. The Bertz CT molecular complexity index is 635. The quantitative estimate of drug-likeness (QED) is 0.932. The molecule has 5 nitrogen and oxygen atoms in total. The Balaban J connectivity index is 1.57. The van der Waals surface area contributed by atoms with Crippen molar-refractivity contribution in [2.45, 2.75) is 12.6 Å². The van der Waals surface area contributed by atoms with Crippen LogP contribution in [0.1, 0.15) is 5.56 Å². The van der Waals surface area contributed by atoms with E-state index in [2.05, 4.69) is 27.3 Å². The van der Waals surface area contributed by atoms with Gasteiger partial charge in [-0.2, -0.15) is 0 Å². The van der Waals surface area contributed by atoms with Crippen LogP contribution < -0.4 is 5.32 Å². The van der Waals surface area contributed by atoms with Crippen molar-refractivity contribution in [3.63, 3.8) is 0 Å². The highest BCUT2D eigenvalue weighted by Crippen LogP contribution is 2.23. The van der Waals surface area contributed by atoms with E-state index in [9.17, 15) is 4.79 Å². The first kappa shape index (κ1) is 15.4. The Kier molecular flexibility index (Phi) is 5.04. The molecule has 7 heteroatoms. The zero-order valence-electron chi connectivity index (χ0n) is 11.9. The summed E-state index contributed by atoms with van der Waals surface area (Å²) in [6.07, 6.45) is 1.03. The van der Waals surface area contributed by atoms with E-state index in [0.29, 0.717) is 22.6 Å². The van der Waals surface area contributed by atoms with Crippen LogP contribution in [0.25, 0.3) is 0 Å². The Hall–Kier alpha value is -1.47. The van der Waals surface area contributed by atoms with Gasteiger partial charge in [0.15, 0.2) is 5.13 Å². The van der Waals surface area contributed by atoms with Gasteiger partial charge in [-0.25, -0.2) is 4.98 Å². The van der Waals surface area contributed by atoms with Crippen LogP contribution in [0.2, 0.25) is 4.34 Å². The zero-order valence-corrected chi connectivity index (χ0v) is 13.4. The number of carbonyl (C=O) groups is 1. The number of thiazole rings is 1. The first-order chi connectivity index (χ1) is 10.7. The van der Waals surface area contributed by atoms with Crippen LogP contribution in [0.5, 0.6) is 0 Å². The number of anilines is 1. The van der Waals surface area contributed by atoms with Crippen LogP contribution in [0.15, 0.2) is 36.5 Å². The minimum absolute atomic E-state index is 0.177. The summed E-state index contributed by atoms with van der Waals surface area (Å²) < 4.78 is 6.12. The predicted octanol–water partition coefficient (Wildman–Crippen LogP) is 2.64. The highest BCUT2D eigenvalue weighted by Gasteiger charge is 2.27. The van der Waals surface area contributed by atoms with Gasteiger partial charge >= 0.3 is 0 Å². The maximum absolute atomic E-state index is 12.2. The Morgan fingerprint density at radius 2 is 2.27 bits per heavy atom. The molecule has 1 aliphatic heterocycles. The maximum Gasteiger partial charge on any atom is 0.256 e. The summed E-state index contributed by atoms with van der Waals surface area (Å²) in [4.78, 5) is 18.5. The molecule has 0 aliphatic carbocycles. The molecule has 1 saturated heterocycles. The van der Waals surface area contributed by atoms with Gasteiger partial charge in [-0.1, -0.05) is 53.3 Å². The molecule has 22 heavy (non-hydrogen) atoms. The van der Waals surface area contributed by atoms with Gasteiger partial charge in [0.05, 0.1) is 12.8 Å². The molecule has 1 aliphatic rings. The van der Waals surface area contributed by atoms with E-state index in [1.54, 1.807) is 0 Å². The zero-order chi connectivity index (χ0) is 15.4. The van der Waals surface area contributed by atoms with Gasteiger partial charge in [-0.3, -0.25) is 15.0 Å². The Morgan fingerprint density at radius 1 is 1.45 bits per heavy atom. The lowest BCUT2D eigenvalue weighted by molar-refractivity contribution is -0.133. The van der Waals surface area contributed by atoms with Gasteiger partial charge in [-0.05, 0) is 5.56 Å². The topological polar surface area (TPSA) is 54.5 Å². The molecule has 1 atom stereocenters. The molecule has 2 aromatic rings. The summed E-state index contributed by atoms with van der Waals surface area (Å²) >= 11 is 7.05. The third-order valence-corrected chi connectivity index (χ3v) is 4.43. The number of hydrogen-bond acceptors (Lipinski definition) is 5. The van der Waals surface area contributed by atoms with Crippen molar-refractivity contribution in [1.82, 2.24) is 9.88 Å². The van der Waals surface area contributed by atoms with Crippen molar-refractivity contribution in [3.8, 4) is 0 Å². The molecular formula is C15H16ClN3O2S. The standard InChI is InChI=1S/C15H16ClN3O2S/c16-13-8-17-15(22-13)18-14(20)12-10-19(6-7-21-12)9-11-4-2-1-3-5-11/h1-5,8,12H,6-7,9-10H2,(H,17,18,20)/t12-/m1/s1. The number of nitrogens with zero attached hydrogens (tertiary/aromatic N) is 2. The summed E-state index contributed by atoms with van der Waals surface area (Å²) in [6.45, 7) is 2.75. The summed E-state index contributed by atoms with van der Waals surface area (Å²) in [6, 6.07) is 10.2. The minimum atomic E-state index is -0.486. The Labute approximate surface area is 137 Å². The average molecular weight is 338 g/mol. The summed E-state index contributed by atoms with van der Waals surface area (Å²) in [5.41, 5.74) is 1.23. The van der Waals surface area contributed by atoms with Crippen LogP contribution in [0, 0.1) is 0 Å². The fourth-order valence-corrected chi connectivity index (χ4v) is 3.16. The van der Waals surface area contributed by atoms with Crippen LogP contribution in [0.3, 0.4) is 0 Å². The number of morpholine rings is 1. The molecular weight excluding hydrogens is 322 g/mol. The molecule has 0 saturated carbocycles. The maximum atomic E-state index is 12.2. The lowest BCUT2D eigenvalue weighted by Crippen LogP contribution is -2.47. The van der Waals surface area contributed by atoms with E-state index >= 15 is 0 Å². The van der Waals surface area contributed by atoms with Crippen molar-refractivity contribution < 1.29 is 9.53 Å². The van der Waals surface area contributed by atoms with E-state index in [0.717, 1.165) is 13.1 Å². The first-order valence-electron chi connectivity index (χ1n) is 7.01. The molecule has 0 spiro atoms. The van der Waals surface area contributed by atoms with Crippen molar-refractivity contribution >= 4 is 34.0 Å². The van der Waals surface area contributed by atoms with Crippen LogP contribution in [0.4, 0.5) is 5.13 Å². The highest BCUT2D eigenvalue weighted by molar-refractivity contribution is 7.19. The van der Waals surface area contributed by atoms with Gasteiger partial charge in [0, 0.05) is 19.6 Å². The van der Waals surface area contributed by atoms with Crippen molar-refractivity contribution in [2.75, 3.05) is 25.0 Å². The van der Waals surface area contributed by atoms with Gasteiger partial charge in [0.2, 0.25) is 0 Å². The molecule has 0 bridgehead atoms. The lowest BCUT2D eigenvalue weighted by atomic mass is 10.2. The second-order valence-corrected chi connectivity index (χ2v) is 6.70. The number of aromatic nitrogens is 1. The minimum Gasteiger partial charge on any atom is -0.366 e. The third-order valence-electron chi connectivity index (χ3n) is 3.40. The SMILES string of the molecule is O=C(Nc1ncc(Cl)s1)[C@H]1CN(Cc2ccccc2)CCO1. The molecule has 1 amide bonds. The second kappa shape index (κ2) is 7.19. The normalized spacial score (nSPS) is 19.0. The third kappa shape index (κ3) is 4.04. The number of halogens is 1. The summed E-state index contributed by atoms with van der Waals surface area (Å²) in [5, 5.41) is 3.25. The predicted molar refractivity (Wildman–Crippen MR) is 87.2 cm³/mol. The van der Waals surface area contributed by atoms with Crippen molar-refractivity contribution in [1.29, 1.82) is 0 Å². The molecule has 1 aromatic carbocycles. The number of amides is 1. The smallest absolute Gasteiger partial charge is 0.256 e. The molecule has 1 aromatic heterocycles. The molecule has 2 heterocycles. The molecule has 116 valence electrons. The lowest BCUT2D eigenvalue weighted by Gasteiger charge is -2.31. The van der Waals surface area contributed by atoms with Crippen LogP contribution in [-0.2, 0) is 16.1 Å². The molecule has 0 radical (unpaired) electrons. The fourth-order valence-electron chi connectivity index (χ4n) is 2.34. The number of nitrogens with one attached hydrogen (secondary N) is 1. The van der Waals surface area contributed by atoms with E-state index in [-0.39, 0.29) is 5.91 Å². The average Bonchev–Trinajstić information content (AvgIpc) is 2.93.